The van der Waals surface area contributed by atoms with E-state index in [-0.39, 0.29) is 17.5 Å². The second kappa shape index (κ2) is 4.61. The summed E-state index contributed by atoms with van der Waals surface area (Å²) in [5.74, 6) is 0.0515. The van der Waals surface area contributed by atoms with Crippen LogP contribution in [0.1, 0.15) is 31.9 Å². The molecule has 1 aromatic rings. The molecule has 0 bridgehead atoms. The molecule has 1 aliphatic rings. The van der Waals surface area contributed by atoms with E-state index in [9.17, 15) is 4.79 Å². The predicted molar refractivity (Wildman–Crippen MR) is 73.1 cm³/mol. The molecule has 0 saturated carbocycles. The molecule has 4 nitrogen and oxygen atoms in total. The summed E-state index contributed by atoms with van der Waals surface area (Å²) in [5, 5.41) is 6.25. The van der Waals surface area contributed by atoms with Gasteiger partial charge in [0, 0.05) is 17.8 Å². The van der Waals surface area contributed by atoms with Crippen LogP contribution in [0.15, 0.2) is 18.2 Å². The predicted octanol–water partition coefficient (Wildman–Crippen LogP) is 1.20. The van der Waals surface area contributed by atoms with Crippen LogP contribution in [0, 0.1) is 0 Å². The molecule has 1 aromatic carbocycles. The number of nitrogens with two attached hydrogens (primary N) is 1. The van der Waals surface area contributed by atoms with Crippen LogP contribution in [-0.2, 0) is 17.8 Å². The van der Waals surface area contributed by atoms with Crippen molar-refractivity contribution >= 4 is 11.6 Å². The monoisotopic (exact) mass is 247 g/mol. The maximum absolute atomic E-state index is 12.1. The first-order chi connectivity index (χ1) is 8.37. The molecule has 0 aromatic heterocycles. The van der Waals surface area contributed by atoms with Gasteiger partial charge in [0.1, 0.15) is 0 Å². The largest absolute Gasteiger partial charge is 0.398 e. The Kier molecular flexibility index (Phi) is 3.30. The first-order valence-corrected chi connectivity index (χ1v) is 6.28. The summed E-state index contributed by atoms with van der Waals surface area (Å²) in [4.78, 5) is 12.1. The average molecular weight is 247 g/mol. The third-order valence-electron chi connectivity index (χ3n) is 3.07. The van der Waals surface area contributed by atoms with Crippen molar-refractivity contribution in [2.75, 3.05) is 5.73 Å². The number of carbonyl (C=O) groups excluding carboxylic acids is 1. The summed E-state index contributed by atoms with van der Waals surface area (Å²) in [6.45, 7) is 6.61. The van der Waals surface area contributed by atoms with Gasteiger partial charge in [0.25, 0.3) is 0 Å². The molecular formula is C14H21N3O. The van der Waals surface area contributed by atoms with E-state index in [1.165, 1.54) is 5.56 Å². The lowest BCUT2D eigenvalue weighted by molar-refractivity contribution is -0.124. The Labute approximate surface area is 108 Å². The summed E-state index contributed by atoms with van der Waals surface area (Å²) in [6.07, 6.45) is 0.697. The molecule has 4 N–H and O–H groups in total. The van der Waals surface area contributed by atoms with E-state index < -0.39 is 0 Å². The number of nitrogens with one attached hydrogen (secondary N) is 2. The van der Waals surface area contributed by atoms with Gasteiger partial charge in [0.15, 0.2) is 0 Å². The number of carbonyl (C=O) groups is 1. The number of anilines is 1. The standard InChI is InChI=1S/C14H21N3O/c1-14(2,3)17-13(18)12-7-9-5-4-6-11(15)10(9)8-16-12/h4-6,12,16H,7-8,15H2,1-3H3,(H,17,18)/t12-/m0/s1. The highest BCUT2D eigenvalue weighted by Gasteiger charge is 2.27. The second-order valence-electron chi connectivity index (χ2n) is 5.86. The van der Waals surface area contributed by atoms with Gasteiger partial charge in [-0.25, -0.2) is 0 Å². The lowest BCUT2D eigenvalue weighted by Crippen LogP contribution is -2.52. The Morgan fingerprint density at radius 2 is 2.17 bits per heavy atom. The molecule has 1 amide bonds. The molecule has 0 spiro atoms. The minimum atomic E-state index is -0.200. The molecule has 0 aliphatic carbocycles. The Morgan fingerprint density at radius 1 is 1.44 bits per heavy atom. The third kappa shape index (κ3) is 2.82. The Morgan fingerprint density at radius 3 is 2.83 bits per heavy atom. The third-order valence-corrected chi connectivity index (χ3v) is 3.07. The molecular weight excluding hydrogens is 226 g/mol. The zero-order valence-electron chi connectivity index (χ0n) is 11.2. The highest BCUT2D eigenvalue weighted by molar-refractivity contribution is 5.83. The van der Waals surface area contributed by atoms with Crippen molar-refractivity contribution in [3.8, 4) is 0 Å². The number of hydrogen-bond donors (Lipinski definition) is 3. The highest BCUT2D eigenvalue weighted by atomic mass is 16.2. The van der Waals surface area contributed by atoms with Gasteiger partial charge in [-0.2, -0.15) is 0 Å². The van der Waals surface area contributed by atoms with Crippen molar-refractivity contribution in [1.29, 1.82) is 0 Å². The number of nitrogen functional groups attached to an aromatic ring is 1. The first-order valence-electron chi connectivity index (χ1n) is 6.28. The van der Waals surface area contributed by atoms with Crippen LogP contribution in [-0.4, -0.2) is 17.5 Å². The quantitative estimate of drug-likeness (QED) is 0.653. The smallest absolute Gasteiger partial charge is 0.237 e. The van der Waals surface area contributed by atoms with Gasteiger partial charge in [-0.15, -0.1) is 0 Å². The second-order valence-corrected chi connectivity index (χ2v) is 5.86. The maximum Gasteiger partial charge on any atom is 0.237 e. The van der Waals surface area contributed by atoms with Gasteiger partial charge >= 0.3 is 0 Å². The number of benzene rings is 1. The molecule has 1 aliphatic heterocycles. The molecule has 4 heteroatoms. The van der Waals surface area contributed by atoms with Gasteiger partial charge in [-0.1, -0.05) is 12.1 Å². The van der Waals surface area contributed by atoms with Crippen molar-refractivity contribution in [3.05, 3.63) is 29.3 Å². The van der Waals surface area contributed by atoms with E-state index >= 15 is 0 Å². The fourth-order valence-electron chi connectivity index (χ4n) is 2.22. The molecule has 2 rings (SSSR count). The summed E-state index contributed by atoms with van der Waals surface area (Å²) in [5.41, 5.74) is 8.82. The van der Waals surface area contributed by atoms with Crippen LogP contribution in [0.4, 0.5) is 5.69 Å². The molecule has 0 fully saturated rings. The summed E-state index contributed by atoms with van der Waals surface area (Å²) in [7, 11) is 0. The number of rotatable bonds is 1. The van der Waals surface area contributed by atoms with Crippen LogP contribution in [0.25, 0.3) is 0 Å². The molecule has 1 atom stereocenters. The van der Waals surface area contributed by atoms with Gasteiger partial charge in [-0.05, 0) is 44.4 Å². The number of fused-ring (bicyclic) bond motifs is 1. The van der Waals surface area contributed by atoms with Crippen LogP contribution < -0.4 is 16.4 Å². The molecule has 0 radical (unpaired) electrons. The van der Waals surface area contributed by atoms with Crippen LogP contribution in [0.2, 0.25) is 0 Å². The van der Waals surface area contributed by atoms with E-state index in [0.717, 1.165) is 11.3 Å². The maximum atomic E-state index is 12.1. The van der Waals surface area contributed by atoms with E-state index in [0.29, 0.717) is 13.0 Å². The minimum Gasteiger partial charge on any atom is -0.398 e. The van der Waals surface area contributed by atoms with Crippen molar-refractivity contribution in [3.63, 3.8) is 0 Å². The SMILES string of the molecule is CC(C)(C)NC(=O)[C@@H]1Cc2cccc(N)c2CN1. The average Bonchev–Trinajstić information content (AvgIpc) is 2.26. The van der Waals surface area contributed by atoms with Crippen molar-refractivity contribution in [2.45, 2.75) is 45.3 Å². The van der Waals surface area contributed by atoms with Crippen LogP contribution >= 0.6 is 0 Å². The molecule has 98 valence electrons. The zero-order chi connectivity index (χ0) is 13.3. The molecule has 0 unspecified atom stereocenters. The van der Waals surface area contributed by atoms with Crippen LogP contribution in [0.3, 0.4) is 0 Å². The van der Waals surface area contributed by atoms with Crippen molar-refractivity contribution in [1.82, 2.24) is 10.6 Å². The van der Waals surface area contributed by atoms with E-state index in [1.54, 1.807) is 0 Å². The number of amides is 1. The zero-order valence-corrected chi connectivity index (χ0v) is 11.2. The van der Waals surface area contributed by atoms with E-state index in [1.807, 2.05) is 39.0 Å². The van der Waals surface area contributed by atoms with Crippen molar-refractivity contribution < 1.29 is 4.79 Å². The molecule has 18 heavy (non-hydrogen) atoms. The minimum absolute atomic E-state index is 0.0515. The van der Waals surface area contributed by atoms with Gasteiger partial charge in [-0.3, -0.25) is 4.79 Å². The summed E-state index contributed by atoms with van der Waals surface area (Å²) >= 11 is 0. The Bertz CT molecular complexity index is 463. The van der Waals surface area contributed by atoms with E-state index in [4.69, 9.17) is 5.73 Å². The summed E-state index contributed by atoms with van der Waals surface area (Å²) in [6, 6.07) is 5.72. The number of hydrogen-bond acceptors (Lipinski definition) is 3. The lowest BCUT2D eigenvalue weighted by Gasteiger charge is -2.29. The lowest BCUT2D eigenvalue weighted by atomic mass is 9.93. The van der Waals surface area contributed by atoms with Gasteiger partial charge in [0.05, 0.1) is 6.04 Å². The topological polar surface area (TPSA) is 67.2 Å². The highest BCUT2D eigenvalue weighted by Crippen LogP contribution is 2.22. The first kappa shape index (κ1) is 12.9. The Balaban J connectivity index is 2.11. The normalized spacial score (nSPS) is 19.2. The van der Waals surface area contributed by atoms with Crippen molar-refractivity contribution in [2.24, 2.45) is 0 Å². The Hall–Kier alpha value is -1.55. The van der Waals surface area contributed by atoms with Crippen LogP contribution in [0.5, 0.6) is 0 Å². The fourth-order valence-corrected chi connectivity index (χ4v) is 2.22. The van der Waals surface area contributed by atoms with Gasteiger partial charge in [0.2, 0.25) is 5.91 Å². The molecule has 1 heterocycles. The molecule has 0 saturated heterocycles. The van der Waals surface area contributed by atoms with Gasteiger partial charge < -0.3 is 16.4 Å². The van der Waals surface area contributed by atoms with E-state index in [2.05, 4.69) is 10.6 Å². The fraction of sp³-hybridized carbons (Fsp3) is 0.500. The summed E-state index contributed by atoms with van der Waals surface area (Å²) < 4.78 is 0.